The van der Waals surface area contributed by atoms with E-state index in [1.54, 1.807) is 0 Å². The van der Waals surface area contributed by atoms with Gasteiger partial charge in [0.25, 0.3) is 0 Å². The monoisotopic (exact) mass is 258 g/mol. The van der Waals surface area contributed by atoms with Crippen LogP contribution in [0.5, 0.6) is 0 Å². The van der Waals surface area contributed by atoms with Crippen LogP contribution in [0.25, 0.3) is 0 Å². The first-order valence-corrected chi connectivity index (χ1v) is 5.62. The zero-order chi connectivity index (χ0) is 10.3. The third-order valence-corrected chi connectivity index (χ3v) is 3.11. The second-order valence-corrected chi connectivity index (χ2v) is 4.79. The maximum atomic E-state index is 13.5. The summed E-state index contributed by atoms with van der Waals surface area (Å²) in [5.41, 5.74) is 1.77. The number of aromatic nitrogens is 2. The second kappa shape index (κ2) is 3.57. The van der Waals surface area contributed by atoms with Crippen LogP contribution in [-0.4, -0.2) is 10.2 Å². The van der Waals surface area contributed by atoms with E-state index in [0.29, 0.717) is 10.5 Å². The van der Waals surface area contributed by atoms with Gasteiger partial charge in [-0.05, 0) is 46.2 Å². The molecule has 0 saturated heterocycles. The maximum absolute atomic E-state index is 13.5. The normalized spacial score (nSPS) is 16.4. The van der Waals surface area contributed by atoms with Crippen molar-refractivity contribution in [2.75, 3.05) is 0 Å². The molecule has 0 radical (unpaired) electrons. The van der Waals surface area contributed by atoms with Crippen LogP contribution in [0, 0.1) is 5.95 Å². The first kappa shape index (κ1) is 10.0. The lowest BCUT2D eigenvalue weighted by Crippen LogP contribution is -2.05. The van der Waals surface area contributed by atoms with Gasteiger partial charge in [0.2, 0.25) is 5.95 Å². The topological polar surface area (TPSA) is 25.8 Å². The molecule has 1 aromatic rings. The lowest BCUT2D eigenvalue weighted by molar-refractivity contribution is 0.536. The highest BCUT2D eigenvalue weighted by Gasteiger charge is 2.32. The van der Waals surface area contributed by atoms with Crippen molar-refractivity contribution in [2.45, 2.75) is 38.5 Å². The van der Waals surface area contributed by atoms with Gasteiger partial charge in [0.15, 0.2) is 0 Å². The summed E-state index contributed by atoms with van der Waals surface area (Å²) < 4.78 is 14.2. The largest absolute Gasteiger partial charge is 0.237 e. The van der Waals surface area contributed by atoms with Crippen LogP contribution >= 0.6 is 15.9 Å². The third-order valence-electron chi connectivity index (χ3n) is 2.52. The van der Waals surface area contributed by atoms with E-state index in [4.69, 9.17) is 0 Å². The Bertz CT molecular complexity index is 334. The van der Waals surface area contributed by atoms with Gasteiger partial charge >= 0.3 is 0 Å². The molecule has 0 atom stereocenters. The van der Waals surface area contributed by atoms with E-state index in [1.807, 2.05) is 13.8 Å². The SMILES string of the molecule is CC(C)c1c(Br)nnc(F)c1C1CC1. The summed E-state index contributed by atoms with van der Waals surface area (Å²) in [5, 5.41) is 7.28. The first-order valence-electron chi connectivity index (χ1n) is 4.82. The molecule has 1 saturated carbocycles. The van der Waals surface area contributed by atoms with E-state index in [2.05, 4.69) is 26.1 Å². The Morgan fingerprint density at radius 3 is 2.50 bits per heavy atom. The third kappa shape index (κ3) is 1.67. The van der Waals surface area contributed by atoms with Crippen molar-refractivity contribution in [2.24, 2.45) is 0 Å². The van der Waals surface area contributed by atoms with Gasteiger partial charge in [-0.15, -0.1) is 10.2 Å². The number of rotatable bonds is 2. The van der Waals surface area contributed by atoms with Crippen molar-refractivity contribution in [1.29, 1.82) is 0 Å². The molecule has 1 fully saturated rings. The molecule has 4 heteroatoms. The molecule has 0 aliphatic heterocycles. The number of hydrogen-bond acceptors (Lipinski definition) is 2. The van der Waals surface area contributed by atoms with Gasteiger partial charge in [-0.25, -0.2) is 0 Å². The van der Waals surface area contributed by atoms with Crippen molar-refractivity contribution in [3.8, 4) is 0 Å². The highest BCUT2D eigenvalue weighted by molar-refractivity contribution is 9.10. The summed E-state index contributed by atoms with van der Waals surface area (Å²) in [6.07, 6.45) is 2.16. The zero-order valence-electron chi connectivity index (χ0n) is 8.22. The van der Waals surface area contributed by atoms with E-state index in [9.17, 15) is 4.39 Å². The van der Waals surface area contributed by atoms with Gasteiger partial charge in [0.05, 0.1) is 0 Å². The smallest absolute Gasteiger partial charge is 0.183 e. The van der Waals surface area contributed by atoms with Gasteiger partial charge in [-0.3, -0.25) is 0 Å². The summed E-state index contributed by atoms with van der Waals surface area (Å²) in [5.74, 6) is 0.267. The maximum Gasteiger partial charge on any atom is 0.237 e. The Labute approximate surface area is 91.1 Å². The van der Waals surface area contributed by atoms with Gasteiger partial charge in [-0.2, -0.15) is 4.39 Å². The van der Waals surface area contributed by atoms with Gasteiger partial charge in [0.1, 0.15) is 4.60 Å². The van der Waals surface area contributed by atoms with Crippen molar-refractivity contribution in [1.82, 2.24) is 10.2 Å². The minimum atomic E-state index is -0.389. The molecule has 1 heterocycles. The quantitative estimate of drug-likeness (QED) is 0.813. The zero-order valence-corrected chi connectivity index (χ0v) is 9.81. The molecular formula is C10H12BrFN2. The molecule has 0 spiro atoms. The second-order valence-electron chi connectivity index (χ2n) is 4.04. The minimum absolute atomic E-state index is 0.282. The fraction of sp³-hybridized carbons (Fsp3) is 0.600. The molecule has 76 valence electrons. The Morgan fingerprint density at radius 1 is 1.36 bits per heavy atom. The summed E-state index contributed by atoms with van der Waals surface area (Å²) in [6, 6.07) is 0. The van der Waals surface area contributed by atoms with E-state index in [0.717, 1.165) is 24.0 Å². The molecule has 0 N–H and O–H groups in total. The Hall–Kier alpha value is -0.510. The summed E-state index contributed by atoms with van der Waals surface area (Å²) in [4.78, 5) is 0. The average Bonchev–Trinajstić information content (AvgIpc) is 2.91. The van der Waals surface area contributed by atoms with Crippen LogP contribution in [-0.2, 0) is 0 Å². The van der Waals surface area contributed by atoms with Crippen molar-refractivity contribution < 1.29 is 4.39 Å². The molecule has 1 aliphatic rings. The van der Waals surface area contributed by atoms with Crippen LogP contribution < -0.4 is 0 Å². The predicted molar refractivity (Wildman–Crippen MR) is 55.8 cm³/mol. The van der Waals surface area contributed by atoms with Gasteiger partial charge in [0, 0.05) is 5.56 Å². The van der Waals surface area contributed by atoms with E-state index in [1.165, 1.54) is 0 Å². The molecule has 2 nitrogen and oxygen atoms in total. The predicted octanol–water partition coefficient (Wildman–Crippen LogP) is 3.38. The van der Waals surface area contributed by atoms with E-state index >= 15 is 0 Å². The summed E-state index contributed by atoms with van der Waals surface area (Å²) in [7, 11) is 0. The fourth-order valence-corrected chi connectivity index (χ4v) is 2.48. The molecule has 2 rings (SSSR count). The molecule has 0 bridgehead atoms. The van der Waals surface area contributed by atoms with Crippen molar-refractivity contribution in [3.05, 3.63) is 21.7 Å². The first-order chi connectivity index (χ1) is 6.61. The van der Waals surface area contributed by atoms with Crippen molar-refractivity contribution in [3.63, 3.8) is 0 Å². The van der Waals surface area contributed by atoms with Crippen LogP contribution in [0.4, 0.5) is 4.39 Å². The minimum Gasteiger partial charge on any atom is -0.183 e. The van der Waals surface area contributed by atoms with Crippen LogP contribution in [0.2, 0.25) is 0 Å². The summed E-state index contributed by atoms with van der Waals surface area (Å²) in [6.45, 7) is 4.10. The van der Waals surface area contributed by atoms with Crippen LogP contribution in [0.1, 0.15) is 49.7 Å². The van der Waals surface area contributed by atoms with E-state index < -0.39 is 0 Å². The van der Waals surface area contributed by atoms with Crippen LogP contribution in [0.15, 0.2) is 4.60 Å². The highest BCUT2D eigenvalue weighted by atomic mass is 79.9. The number of hydrogen-bond donors (Lipinski definition) is 0. The van der Waals surface area contributed by atoms with Crippen LogP contribution in [0.3, 0.4) is 0 Å². The Morgan fingerprint density at radius 2 is 2.00 bits per heavy atom. The molecule has 1 aromatic heterocycles. The number of halogens is 2. The fourth-order valence-electron chi connectivity index (χ4n) is 1.73. The highest BCUT2D eigenvalue weighted by Crippen LogP contribution is 2.45. The average molecular weight is 259 g/mol. The molecule has 14 heavy (non-hydrogen) atoms. The molecule has 0 aromatic carbocycles. The molecule has 0 unspecified atom stereocenters. The molecule has 1 aliphatic carbocycles. The van der Waals surface area contributed by atoms with Gasteiger partial charge < -0.3 is 0 Å². The summed E-state index contributed by atoms with van der Waals surface area (Å²) >= 11 is 3.34. The Kier molecular flexibility index (Phi) is 2.56. The van der Waals surface area contributed by atoms with E-state index in [-0.39, 0.29) is 11.9 Å². The molecular weight excluding hydrogens is 247 g/mol. The Balaban J connectivity index is 2.57. The lowest BCUT2D eigenvalue weighted by atomic mass is 9.98. The number of nitrogens with zero attached hydrogens (tertiary/aromatic N) is 2. The van der Waals surface area contributed by atoms with Gasteiger partial charge in [-0.1, -0.05) is 13.8 Å². The van der Waals surface area contributed by atoms with Crippen molar-refractivity contribution >= 4 is 15.9 Å². The standard InChI is InChI=1S/C10H12BrFN2/c1-5(2)7-8(6-3-4-6)10(12)14-13-9(7)11/h5-6H,3-4H2,1-2H3. The lowest BCUT2D eigenvalue weighted by Gasteiger charge is -2.13. The molecule has 0 amide bonds.